The van der Waals surface area contributed by atoms with Gasteiger partial charge in [-0.2, -0.15) is 4.68 Å². The molecule has 0 fully saturated rings. The summed E-state index contributed by atoms with van der Waals surface area (Å²) in [4.78, 5) is 24.8. The van der Waals surface area contributed by atoms with Crippen LogP contribution in [0.2, 0.25) is 0 Å². The second kappa shape index (κ2) is 10.1. The number of aromatic nitrogens is 4. The number of tetrazole rings is 1. The van der Waals surface area contributed by atoms with Crippen molar-refractivity contribution in [2.24, 2.45) is 0 Å². The SMILES string of the molecule is O=C(COc1ccccc1C(=O)OCc1nnnn1-c1ccccc1)Nc1ccccc1F. The summed E-state index contributed by atoms with van der Waals surface area (Å²) in [5.74, 6) is -1.34. The zero-order chi connectivity index (χ0) is 23.0. The standard InChI is InChI=1S/C23H18FN5O4/c24-18-11-5-6-12-19(18)25-22(30)15-32-20-13-7-4-10-17(20)23(31)33-14-21-26-27-28-29(21)16-8-2-1-3-9-16/h1-13H,14-15H2,(H,25,30). The Labute approximate surface area is 187 Å². The summed E-state index contributed by atoms with van der Waals surface area (Å²) in [5, 5.41) is 13.9. The number of para-hydroxylation sites is 3. The minimum absolute atomic E-state index is 0.0370. The van der Waals surface area contributed by atoms with Gasteiger partial charge in [-0.1, -0.05) is 42.5 Å². The van der Waals surface area contributed by atoms with E-state index in [2.05, 4.69) is 20.8 Å². The molecule has 0 aliphatic carbocycles. The van der Waals surface area contributed by atoms with E-state index >= 15 is 0 Å². The van der Waals surface area contributed by atoms with Crippen LogP contribution in [0, 0.1) is 5.82 Å². The van der Waals surface area contributed by atoms with Gasteiger partial charge in [-0.25, -0.2) is 9.18 Å². The second-order valence-corrected chi connectivity index (χ2v) is 6.73. The number of esters is 1. The van der Waals surface area contributed by atoms with Crippen LogP contribution in [0.5, 0.6) is 5.75 Å². The van der Waals surface area contributed by atoms with Gasteiger partial charge >= 0.3 is 5.97 Å². The molecule has 0 radical (unpaired) electrons. The molecule has 1 amide bonds. The van der Waals surface area contributed by atoms with E-state index in [1.54, 1.807) is 18.2 Å². The number of carbonyl (C=O) groups excluding carboxylic acids is 2. The smallest absolute Gasteiger partial charge is 0.342 e. The Morgan fingerprint density at radius 3 is 2.48 bits per heavy atom. The van der Waals surface area contributed by atoms with Crippen molar-refractivity contribution in [2.75, 3.05) is 11.9 Å². The Balaban J connectivity index is 1.38. The van der Waals surface area contributed by atoms with E-state index < -0.39 is 24.3 Å². The fourth-order valence-corrected chi connectivity index (χ4v) is 2.93. The molecule has 1 aromatic heterocycles. The van der Waals surface area contributed by atoms with Crippen LogP contribution in [-0.4, -0.2) is 38.7 Å². The molecule has 4 rings (SSSR count). The third-order valence-corrected chi connectivity index (χ3v) is 4.48. The van der Waals surface area contributed by atoms with Gasteiger partial charge in [0, 0.05) is 0 Å². The Kier molecular flexibility index (Phi) is 6.64. The van der Waals surface area contributed by atoms with Crippen LogP contribution < -0.4 is 10.1 Å². The third kappa shape index (κ3) is 5.37. The van der Waals surface area contributed by atoms with Crippen molar-refractivity contribution in [1.82, 2.24) is 20.2 Å². The molecule has 166 valence electrons. The van der Waals surface area contributed by atoms with Crippen LogP contribution in [0.3, 0.4) is 0 Å². The van der Waals surface area contributed by atoms with Gasteiger partial charge in [0.05, 0.1) is 11.4 Å². The zero-order valence-corrected chi connectivity index (χ0v) is 17.2. The van der Waals surface area contributed by atoms with E-state index in [0.717, 1.165) is 5.69 Å². The highest BCUT2D eigenvalue weighted by atomic mass is 19.1. The third-order valence-electron chi connectivity index (χ3n) is 4.48. The van der Waals surface area contributed by atoms with E-state index in [9.17, 15) is 14.0 Å². The molecular formula is C23H18FN5O4. The molecule has 1 heterocycles. The number of halogens is 1. The van der Waals surface area contributed by atoms with Gasteiger partial charge < -0.3 is 14.8 Å². The number of rotatable bonds is 8. The summed E-state index contributed by atoms with van der Waals surface area (Å²) in [5.41, 5.74) is 0.878. The van der Waals surface area contributed by atoms with Crippen molar-refractivity contribution in [1.29, 1.82) is 0 Å². The fraction of sp³-hybridized carbons (Fsp3) is 0.0870. The number of hydrogen-bond acceptors (Lipinski definition) is 7. The second-order valence-electron chi connectivity index (χ2n) is 6.73. The molecule has 1 N–H and O–H groups in total. The quantitative estimate of drug-likeness (QED) is 0.413. The van der Waals surface area contributed by atoms with Crippen LogP contribution in [0.1, 0.15) is 16.2 Å². The van der Waals surface area contributed by atoms with Gasteiger partial charge in [-0.3, -0.25) is 4.79 Å². The molecule has 0 saturated heterocycles. The maximum atomic E-state index is 13.7. The predicted molar refractivity (Wildman–Crippen MR) is 115 cm³/mol. The lowest BCUT2D eigenvalue weighted by molar-refractivity contribution is -0.118. The molecule has 0 bridgehead atoms. The van der Waals surface area contributed by atoms with E-state index in [4.69, 9.17) is 9.47 Å². The van der Waals surface area contributed by atoms with Crippen molar-refractivity contribution in [2.45, 2.75) is 6.61 Å². The topological polar surface area (TPSA) is 108 Å². The van der Waals surface area contributed by atoms with Gasteiger partial charge in [0.2, 0.25) is 0 Å². The number of hydrogen-bond donors (Lipinski definition) is 1. The Hall–Kier alpha value is -4.60. The number of benzene rings is 3. The highest BCUT2D eigenvalue weighted by Crippen LogP contribution is 2.20. The summed E-state index contributed by atoms with van der Waals surface area (Å²) in [6, 6.07) is 21.3. The van der Waals surface area contributed by atoms with E-state index in [-0.39, 0.29) is 23.6 Å². The molecule has 0 atom stereocenters. The van der Waals surface area contributed by atoms with Crippen LogP contribution in [0.15, 0.2) is 78.9 Å². The molecule has 10 heteroatoms. The van der Waals surface area contributed by atoms with Crippen molar-refractivity contribution in [3.05, 3.63) is 96.1 Å². The predicted octanol–water partition coefficient (Wildman–Crippen LogP) is 3.18. The van der Waals surface area contributed by atoms with E-state index in [0.29, 0.717) is 5.82 Å². The number of nitrogens with zero attached hydrogens (tertiary/aromatic N) is 4. The van der Waals surface area contributed by atoms with Crippen LogP contribution in [0.25, 0.3) is 5.69 Å². The Bertz CT molecular complexity index is 1260. The highest BCUT2D eigenvalue weighted by Gasteiger charge is 2.17. The van der Waals surface area contributed by atoms with Crippen LogP contribution in [-0.2, 0) is 16.1 Å². The van der Waals surface area contributed by atoms with Crippen LogP contribution >= 0.6 is 0 Å². The number of anilines is 1. The fourth-order valence-electron chi connectivity index (χ4n) is 2.93. The lowest BCUT2D eigenvalue weighted by Gasteiger charge is -2.12. The average Bonchev–Trinajstić information content (AvgIpc) is 3.32. The Morgan fingerprint density at radius 2 is 1.67 bits per heavy atom. The van der Waals surface area contributed by atoms with Gasteiger partial charge in [-0.15, -0.1) is 5.10 Å². The van der Waals surface area contributed by atoms with Crippen molar-refractivity contribution < 1.29 is 23.5 Å². The van der Waals surface area contributed by atoms with Crippen molar-refractivity contribution >= 4 is 17.6 Å². The lowest BCUT2D eigenvalue weighted by atomic mass is 10.2. The summed E-state index contributed by atoms with van der Waals surface area (Å²) < 4.78 is 26.0. The van der Waals surface area contributed by atoms with Gasteiger partial charge in [0.25, 0.3) is 5.91 Å². The summed E-state index contributed by atoms with van der Waals surface area (Å²) in [6.07, 6.45) is 0. The molecule has 3 aromatic carbocycles. The molecule has 0 aliphatic rings. The first kappa shape index (κ1) is 21.6. The molecule has 9 nitrogen and oxygen atoms in total. The number of ether oxygens (including phenoxy) is 2. The normalized spacial score (nSPS) is 10.5. The maximum absolute atomic E-state index is 13.7. The van der Waals surface area contributed by atoms with Crippen molar-refractivity contribution in [3.8, 4) is 11.4 Å². The molecular weight excluding hydrogens is 429 g/mol. The first-order chi connectivity index (χ1) is 16.1. The minimum atomic E-state index is -0.678. The molecule has 33 heavy (non-hydrogen) atoms. The summed E-state index contributed by atoms with van der Waals surface area (Å²) >= 11 is 0. The number of nitrogens with one attached hydrogen (secondary N) is 1. The van der Waals surface area contributed by atoms with Gasteiger partial charge in [-0.05, 0) is 46.8 Å². The molecule has 0 spiro atoms. The summed E-state index contributed by atoms with van der Waals surface area (Å²) in [6.45, 7) is -0.603. The van der Waals surface area contributed by atoms with Gasteiger partial charge in [0.1, 0.15) is 17.1 Å². The maximum Gasteiger partial charge on any atom is 0.342 e. The van der Waals surface area contributed by atoms with E-state index in [1.807, 2.05) is 30.3 Å². The lowest BCUT2D eigenvalue weighted by Crippen LogP contribution is -2.21. The first-order valence-electron chi connectivity index (χ1n) is 9.88. The zero-order valence-electron chi connectivity index (χ0n) is 17.2. The minimum Gasteiger partial charge on any atom is -0.483 e. The molecule has 0 saturated carbocycles. The number of amides is 1. The first-order valence-corrected chi connectivity index (χ1v) is 9.88. The van der Waals surface area contributed by atoms with Crippen molar-refractivity contribution in [3.63, 3.8) is 0 Å². The molecule has 4 aromatic rings. The monoisotopic (exact) mass is 447 g/mol. The number of carbonyl (C=O) groups is 2. The molecule has 0 aliphatic heterocycles. The van der Waals surface area contributed by atoms with Crippen LogP contribution in [0.4, 0.5) is 10.1 Å². The van der Waals surface area contributed by atoms with Gasteiger partial charge in [0.15, 0.2) is 19.0 Å². The highest BCUT2D eigenvalue weighted by molar-refractivity contribution is 5.94. The van der Waals surface area contributed by atoms with E-state index in [1.165, 1.54) is 35.0 Å². The molecule has 0 unspecified atom stereocenters. The largest absolute Gasteiger partial charge is 0.483 e. The average molecular weight is 447 g/mol. The Morgan fingerprint density at radius 1 is 0.939 bits per heavy atom. The summed E-state index contributed by atoms with van der Waals surface area (Å²) in [7, 11) is 0.